The van der Waals surface area contributed by atoms with Gasteiger partial charge in [0.2, 0.25) is 11.7 Å². The number of amides is 2. The van der Waals surface area contributed by atoms with Crippen molar-refractivity contribution in [3.63, 3.8) is 0 Å². The molecule has 0 bridgehead atoms. The third kappa shape index (κ3) is 4.86. The van der Waals surface area contributed by atoms with Crippen LogP contribution in [0.2, 0.25) is 0 Å². The van der Waals surface area contributed by atoms with E-state index in [1.165, 1.54) is 32.6 Å². The van der Waals surface area contributed by atoms with Crippen LogP contribution in [0.1, 0.15) is 15.5 Å². The van der Waals surface area contributed by atoms with E-state index in [-0.39, 0.29) is 34.8 Å². The van der Waals surface area contributed by atoms with Crippen molar-refractivity contribution in [2.45, 2.75) is 23.0 Å². The number of rotatable bonds is 9. The molecule has 5 rings (SSSR count). The van der Waals surface area contributed by atoms with Gasteiger partial charge >= 0.3 is 11.9 Å². The number of nitrogens with one attached hydrogen (secondary N) is 1. The van der Waals surface area contributed by atoms with Crippen LogP contribution in [-0.2, 0) is 20.8 Å². The summed E-state index contributed by atoms with van der Waals surface area (Å²) in [5.74, 6) is -3.04. The molecule has 3 N–H and O–H groups in total. The standard InChI is InChI=1S/C23H19N5O6S3/c29-15(9-14-7-4-8-35-14)24-16-19(30)28-17(21(31)32)12(10-36-20(16)28)11-37-23-26-25-18(22(33)34)27(23)13-5-2-1-3-6-13/h1-8,16,20H,9-11H2,(H,24,29)(H,31,32)(H,33,34)/t16?,20-/m1/s1. The fraction of sp³-hybridized carbons (Fsp3) is 0.217. The van der Waals surface area contributed by atoms with Gasteiger partial charge in [0.25, 0.3) is 5.91 Å². The highest BCUT2D eigenvalue weighted by Gasteiger charge is 2.54. The van der Waals surface area contributed by atoms with Crippen molar-refractivity contribution < 1.29 is 29.4 Å². The molecule has 11 nitrogen and oxygen atoms in total. The lowest BCUT2D eigenvalue weighted by atomic mass is 10.0. The Hall–Kier alpha value is -3.62. The van der Waals surface area contributed by atoms with Crippen molar-refractivity contribution in [1.29, 1.82) is 0 Å². The maximum absolute atomic E-state index is 12.9. The molecule has 4 heterocycles. The van der Waals surface area contributed by atoms with Crippen molar-refractivity contribution in [2.75, 3.05) is 11.5 Å². The number of thioether (sulfide) groups is 2. The number of hydrogen-bond donors (Lipinski definition) is 3. The van der Waals surface area contributed by atoms with E-state index in [1.54, 1.807) is 30.3 Å². The molecule has 0 aliphatic carbocycles. The summed E-state index contributed by atoms with van der Waals surface area (Å²) >= 11 is 3.95. The zero-order chi connectivity index (χ0) is 26.1. The Morgan fingerprint density at radius 3 is 2.54 bits per heavy atom. The second-order valence-corrected chi connectivity index (χ2v) is 11.1. The van der Waals surface area contributed by atoms with Gasteiger partial charge in [-0.05, 0) is 29.2 Å². The van der Waals surface area contributed by atoms with E-state index in [1.807, 2.05) is 17.5 Å². The van der Waals surface area contributed by atoms with E-state index < -0.39 is 29.3 Å². The lowest BCUT2D eigenvalue weighted by Crippen LogP contribution is -2.70. The predicted molar refractivity (Wildman–Crippen MR) is 137 cm³/mol. The summed E-state index contributed by atoms with van der Waals surface area (Å²) in [5.41, 5.74) is 0.932. The second kappa shape index (κ2) is 10.4. The van der Waals surface area contributed by atoms with Crippen molar-refractivity contribution in [1.82, 2.24) is 25.0 Å². The summed E-state index contributed by atoms with van der Waals surface area (Å²) in [6.45, 7) is 0. The highest BCUT2D eigenvalue weighted by molar-refractivity contribution is 8.01. The summed E-state index contributed by atoms with van der Waals surface area (Å²) in [4.78, 5) is 51.2. The number of nitrogens with zero attached hydrogens (tertiary/aromatic N) is 4. The highest BCUT2D eigenvalue weighted by atomic mass is 32.2. The summed E-state index contributed by atoms with van der Waals surface area (Å²) in [7, 11) is 0. The van der Waals surface area contributed by atoms with E-state index in [9.17, 15) is 29.4 Å². The minimum Gasteiger partial charge on any atom is -0.477 e. The lowest BCUT2D eigenvalue weighted by Gasteiger charge is -2.49. The van der Waals surface area contributed by atoms with E-state index in [4.69, 9.17) is 0 Å². The number of hydrogen-bond acceptors (Lipinski definition) is 9. The molecule has 0 spiro atoms. The molecule has 3 aromatic rings. The van der Waals surface area contributed by atoms with Gasteiger partial charge in [0.15, 0.2) is 5.16 Å². The first-order valence-corrected chi connectivity index (χ1v) is 13.8. The SMILES string of the molecule is O=C(Cc1cccs1)NC1C(=O)N2C(C(=O)O)=C(CSc3nnc(C(=O)O)n3-c3ccccc3)CS[C@H]12. The van der Waals surface area contributed by atoms with Gasteiger partial charge in [0, 0.05) is 22.1 Å². The Kier molecular flexibility index (Phi) is 7.04. The first-order chi connectivity index (χ1) is 17.8. The number of aromatic carboxylic acids is 1. The molecule has 2 amide bonds. The summed E-state index contributed by atoms with van der Waals surface area (Å²) in [6.07, 6.45) is 0.156. The van der Waals surface area contributed by atoms with E-state index in [0.717, 1.165) is 16.6 Å². The van der Waals surface area contributed by atoms with Crippen LogP contribution in [0.25, 0.3) is 5.69 Å². The maximum atomic E-state index is 12.9. The number of para-hydroxylation sites is 1. The minimum absolute atomic E-state index is 0.116. The maximum Gasteiger partial charge on any atom is 0.374 e. The molecule has 14 heteroatoms. The highest BCUT2D eigenvalue weighted by Crippen LogP contribution is 2.41. The van der Waals surface area contributed by atoms with E-state index in [0.29, 0.717) is 17.0 Å². The number of carboxylic acid groups (broad SMARTS) is 2. The molecule has 2 atom stereocenters. The number of β-lactam (4-membered cyclic amide) rings is 1. The Balaban J connectivity index is 1.33. The van der Waals surface area contributed by atoms with E-state index >= 15 is 0 Å². The van der Waals surface area contributed by atoms with Crippen LogP contribution >= 0.6 is 34.9 Å². The lowest BCUT2D eigenvalue weighted by molar-refractivity contribution is -0.150. The van der Waals surface area contributed by atoms with Crippen LogP contribution in [0, 0.1) is 0 Å². The first kappa shape index (κ1) is 25.0. The molecule has 1 saturated heterocycles. The number of carboxylic acids is 2. The molecule has 37 heavy (non-hydrogen) atoms. The first-order valence-electron chi connectivity index (χ1n) is 10.9. The van der Waals surface area contributed by atoms with Crippen molar-refractivity contribution in [2.24, 2.45) is 0 Å². The Labute approximate surface area is 222 Å². The zero-order valence-corrected chi connectivity index (χ0v) is 21.4. The molecule has 190 valence electrons. The van der Waals surface area contributed by atoms with Gasteiger partial charge in [0.1, 0.15) is 17.1 Å². The monoisotopic (exact) mass is 557 g/mol. The predicted octanol–water partition coefficient (Wildman–Crippen LogP) is 2.10. The number of benzene rings is 1. The summed E-state index contributed by atoms with van der Waals surface area (Å²) in [5, 5.41) is 31.6. The normalized spacial score (nSPS) is 18.8. The van der Waals surface area contributed by atoms with Crippen molar-refractivity contribution in [3.05, 3.63) is 69.8 Å². The Morgan fingerprint density at radius 2 is 1.86 bits per heavy atom. The van der Waals surface area contributed by atoms with Gasteiger partial charge in [-0.2, -0.15) is 0 Å². The van der Waals surface area contributed by atoms with Crippen molar-refractivity contribution in [3.8, 4) is 5.69 Å². The number of thiophene rings is 1. The second-order valence-electron chi connectivity index (χ2n) is 8.04. The Bertz CT molecular complexity index is 1410. The number of aromatic nitrogens is 3. The van der Waals surface area contributed by atoms with Crippen LogP contribution in [-0.4, -0.2) is 76.6 Å². The van der Waals surface area contributed by atoms with E-state index in [2.05, 4.69) is 15.5 Å². The van der Waals surface area contributed by atoms with Gasteiger partial charge in [-0.3, -0.25) is 19.1 Å². The fourth-order valence-electron chi connectivity index (χ4n) is 4.05. The fourth-order valence-corrected chi connectivity index (χ4v) is 7.19. The molecule has 1 unspecified atom stereocenters. The number of carbonyl (C=O) groups excluding carboxylic acids is 2. The molecule has 1 aromatic carbocycles. The van der Waals surface area contributed by atoms with Crippen LogP contribution in [0.5, 0.6) is 0 Å². The van der Waals surface area contributed by atoms with Crippen LogP contribution in [0.4, 0.5) is 0 Å². The number of aliphatic carboxylic acids is 1. The van der Waals surface area contributed by atoms with Gasteiger partial charge in [-0.25, -0.2) is 9.59 Å². The molecule has 0 saturated carbocycles. The minimum atomic E-state index is -1.25. The summed E-state index contributed by atoms with van der Waals surface area (Å²) < 4.78 is 1.39. The molecular weight excluding hydrogens is 538 g/mol. The van der Waals surface area contributed by atoms with Gasteiger partial charge in [0.05, 0.1) is 6.42 Å². The number of fused-ring (bicyclic) bond motifs is 1. The quantitative estimate of drug-likeness (QED) is 0.263. The van der Waals surface area contributed by atoms with Crippen LogP contribution in [0.3, 0.4) is 0 Å². The largest absolute Gasteiger partial charge is 0.477 e. The van der Waals surface area contributed by atoms with Gasteiger partial charge < -0.3 is 15.5 Å². The summed E-state index contributed by atoms with van der Waals surface area (Å²) in [6, 6.07) is 11.6. The van der Waals surface area contributed by atoms with Crippen molar-refractivity contribution >= 4 is 58.6 Å². The zero-order valence-electron chi connectivity index (χ0n) is 18.9. The third-order valence-electron chi connectivity index (χ3n) is 5.70. The molecular formula is C23H19N5O6S3. The third-order valence-corrected chi connectivity index (χ3v) is 8.93. The average molecular weight is 558 g/mol. The molecule has 2 aromatic heterocycles. The van der Waals surface area contributed by atoms with Crippen LogP contribution in [0.15, 0.2) is 64.3 Å². The molecule has 2 aliphatic rings. The number of carbonyl (C=O) groups is 4. The average Bonchev–Trinajstić information content (AvgIpc) is 3.55. The Morgan fingerprint density at radius 1 is 1.08 bits per heavy atom. The topological polar surface area (TPSA) is 155 Å². The van der Waals surface area contributed by atoms with Gasteiger partial charge in [-0.15, -0.1) is 33.3 Å². The van der Waals surface area contributed by atoms with Gasteiger partial charge in [-0.1, -0.05) is 36.0 Å². The van der Waals surface area contributed by atoms with Crippen LogP contribution < -0.4 is 5.32 Å². The molecule has 0 radical (unpaired) electrons. The molecule has 1 fully saturated rings. The molecule has 2 aliphatic heterocycles. The smallest absolute Gasteiger partial charge is 0.374 e.